The highest BCUT2D eigenvalue weighted by Crippen LogP contribution is 2.31. The lowest BCUT2D eigenvalue weighted by molar-refractivity contribution is 0.0252. The summed E-state index contributed by atoms with van der Waals surface area (Å²) < 4.78 is 7.57. The highest BCUT2D eigenvalue weighted by molar-refractivity contribution is 5.97. The van der Waals surface area contributed by atoms with E-state index >= 15 is 0 Å². The summed E-state index contributed by atoms with van der Waals surface area (Å²) in [6.07, 6.45) is 2.50. The van der Waals surface area contributed by atoms with Gasteiger partial charge in [0.15, 0.2) is 0 Å². The number of ether oxygens (including phenoxy) is 1. The van der Waals surface area contributed by atoms with Crippen LogP contribution >= 0.6 is 0 Å². The van der Waals surface area contributed by atoms with Crippen LogP contribution in [0, 0.1) is 0 Å². The summed E-state index contributed by atoms with van der Waals surface area (Å²) in [6.45, 7) is 4.58. The summed E-state index contributed by atoms with van der Waals surface area (Å²) in [6, 6.07) is 15.0. The van der Waals surface area contributed by atoms with Gasteiger partial charge in [-0.05, 0) is 43.2 Å². The molecule has 30 heavy (non-hydrogen) atoms. The van der Waals surface area contributed by atoms with Gasteiger partial charge in [-0.15, -0.1) is 10.2 Å². The van der Waals surface area contributed by atoms with Crippen LogP contribution in [-0.2, 0) is 17.6 Å². The zero-order chi connectivity index (χ0) is 21.1. The molecule has 0 radical (unpaired) electrons. The Labute approximate surface area is 175 Å². The number of rotatable bonds is 6. The number of nitrogens with one attached hydrogen (secondary N) is 1. The number of carbonyl (C=O) groups is 2. The van der Waals surface area contributed by atoms with Crippen LogP contribution in [0.3, 0.4) is 0 Å². The lowest BCUT2D eigenvalue weighted by Crippen LogP contribution is -2.28. The van der Waals surface area contributed by atoms with Crippen LogP contribution in [0.15, 0.2) is 54.9 Å². The SMILES string of the molecule is CC(C)n1cnnc1CCNC(=O)c1ccc2c(c1)CC(c1ccccc1)OC2=O. The Morgan fingerprint density at radius 2 is 2.03 bits per heavy atom. The van der Waals surface area contributed by atoms with Crippen molar-refractivity contribution < 1.29 is 14.3 Å². The molecule has 0 saturated carbocycles. The molecule has 0 fully saturated rings. The van der Waals surface area contributed by atoms with Crippen LogP contribution in [0.4, 0.5) is 0 Å². The number of nitrogens with zero attached hydrogens (tertiary/aromatic N) is 3. The molecular formula is C23H24N4O3. The average molecular weight is 404 g/mol. The van der Waals surface area contributed by atoms with Gasteiger partial charge < -0.3 is 14.6 Å². The molecule has 1 aliphatic heterocycles. The van der Waals surface area contributed by atoms with Crippen molar-refractivity contribution in [2.75, 3.05) is 6.54 Å². The second-order valence-electron chi connectivity index (χ2n) is 7.63. The first kappa shape index (κ1) is 19.8. The van der Waals surface area contributed by atoms with Crippen molar-refractivity contribution in [2.24, 2.45) is 0 Å². The molecule has 1 unspecified atom stereocenters. The minimum Gasteiger partial charge on any atom is -0.454 e. The largest absolute Gasteiger partial charge is 0.454 e. The fourth-order valence-corrected chi connectivity index (χ4v) is 3.66. The smallest absolute Gasteiger partial charge is 0.339 e. The van der Waals surface area contributed by atoms with Crippen molar-refractivity contribution in [3.05, 3.63) is 82.9 Å². The number of benzene rings is 2. The minimum atomic E-state index is -0.356. The van der Waals surface area contributed by atoms with Gasteiger partial charge in [0, 0.05) is 31.0 Å². The number of aromatic nitrogens is 3. The molecule has 1 N–H and O–H groups in total. The molecule has 2 heterocycles. The van der Waals surface area contributed by atoms with Gasteiger partial charge in [-0.3, -0.25) is 4.79 Å². The summed E-state index contributed by atoms with van der Waals surface area (Å²) in [5.41, 5.74) is 2.82. The van der Waals surface area contributed by atoms with E-state index in [2.05, 4.69) is 29.4 Å². The standard InChI is InChI=1S/C23H24N4O3/c1-15(2)27-14-25-26-21(27)10-11-24-22(28)17-8-9-19-18(12-17)13-20(30-23(19)29)16-6-4-3-5-7-16/h3-9,12,14-15,20H,10-11,13H2,1-2H3,(H,24,28). The summed E-state index contributed by atoms with van der Waals surface area (Å²) in [7, 11) is 0. The van der Waals surface area contributed by atoms with Gasteiger partial charge in [-0.25, -0.2) is 4.79 Å². The Balaban J connectivity index is 1.44. The van der Waals surface area contributed by atoms with Gasteiger partial charge >= 0.3 is 5.97 Å². The van der Waals surface area contributed by atoms with Crippen LogP contribution in [0.1, 0.15) is 63.7 Å². The Morgan fingerprint density at radius 1 is 1.23 bits per heavy atom. The molecule has 0 saturated heterocycles. The molecule has 1 aromatic heterocycles. The number of esters is 1. The highest BCUT2D eigenvalue weighted by Gasteiger charge is 2.28. The van der Waals surface area contributed by atoms with E-state index in [1.54, 1.807) is 24.5 Å². The molecule has 0 spiro atoms. The van der Waals surface area contributed by atoms with E-state index < -0.39 is 0 Å². The summed E-state index contributed by atoms with van der Waals surface area (Å²) in [5.74, 6) is 0.304. The second-order valence-corrected chi connectivity index (χ2v) is 7.63. The number of fused-ring (bicyclic) bond motifs is 1. The number of cyclic esters (lactones) is 1. The summed E-state index contributed by atoms with van der Waals surface area (Å²) >= 11 is 0. The molecule has 154 valence electrons. The first-order valence-electron chi connectivity index (χ1n) is 10.1. The van der Waals surface area contributed by atoms with Crippen molar-refractivity contribution in [3.8, 4) is 0 Å². The van der Waals surface area contributed by atoms with Crippen LogP contribution in [0.2, 0.25) is 0 Å². The molecule has 7 nitrogen and oxygen atoms in total. The van der Waals surface area contributed by atoms with Crippen molar-refractivity contribution in [3.63, 3.8) is 0 Å². The van der Waals surface area contributed by atoms with E-state index in [0.29, 0.717) is 30.5 Å². The van der Waals surface area contributed by atoms with Crippen molar-refractivity contribution >= 4 is 11.9 Å². The predicted octanol–water partition coefficient (Wildman–Crippen LogP) is 3.29. The molecule has 1 aliphatic rings. The Kier molecular flexibility index (Phi) is 5.61. The third-order valence-corrected chi connectivity index (χ3v) is 5.25. The Hall–Kier alpha value is -3.48. The summed E-state index contributed by atoms with van der Waals surface area (Å²) in [4.78, 5) is 25.0. The minimum absolute atomic E-state index is 0.177. The Morgan fingerprint density at radius 3 is 2.80 bits per heavy atom. The highest BCUT2D eigenvalue weighted by atomic mass is 16.5. The van der Waals surface area contributed by atoms with E-state index in [9.17, 15) is 9.59 Å². The van der Waals surface area contributed by atoms with Crippen LogP contribution in [0.25, 0.3) is 0 Å². The van der Waals surface area contributed by atoms with Crippen molar-refractivity contribution in [2.45, 2.75) is 38.8 Å². The Bertz CT molecular complexity index is 1060. The molecule has 2 aromatic carbocycles. The third kappa shape index (κ3) is 4.10. The van der Waals surface area contributed by atoms with Crippen LogP contribution in [0.5, 0.6) is 0 Å². The first-order valence-corrected chi connectivity index (χ1v) is 10.1. The van der Waals surface area contributed by atoms with E-state index in [1.807, 2.05) is 34.9 Å². The fraction of sp³-hybridized carbons (Fsp3) is 0.304. The predicted molar refractivity (Wildman–Crippen MR) is 111 cm³/mol. The normalized spacial score (nSPS) is 15.6. The van der Waals surface area contributed by atoms with Gasteiger partial charge in [0.25, 0.3) is 5.91 Å². The van der Waals surface area contributed by atoms with Gasteiger partial charge in [0.1, 0.15) is 18.3 Å². The third-order valence-electron chi connectivity index (χ3n) is 5.25. The number of amides is 1. The monoisotopic (exact) mass is 404 g/mol. The number of carbonyl (C=O) groups excluding carboxylic acids is 2. The van der Waals surface area contributed by atoms with Crippen molar-refractivity contribution in [1.29, 1.82) is 0 Å². The van der Waals surface area contributed by atoms with E-state index in [0.717, 1.165) is 17.0 Å². The maximum Gasteiger partial charge on any atom is 0.339 e. The molecule has 0 bridgehead atoms. The zero-order valence-corrected chi connectivity index (χ0v) is 17.0. The average Bonchev–Trinajstić information content (AvgIpc) is 3.23. The second kappa shape index (κ2) is 8.49. The first-order chi connectivity index (χ1) is 14.5. The van der Waals surface area contributed by atoms with E-state index in [4.69, 9.17) is 4.74 Å². The summed E-state index contributed by atoms with van der Waals surface area (Å²) in [5, 5.41) is 11.0. The van der Waals surface area contributed by atoms with E-state index in [-0.39, 0.29) is 24.0 Å². The maximum atomic E-state index is 12.6. The number of hydrogen-bond donors (Lipinski definition) is 1. The molecule has 0 aliphatic carbocycles. The van der Waals surface area contributed by atoms with Gasteiger partial charge in [-0.2, -0.15) is 0 Å². The molecule has 4 rings (SSSR count). The quantitative estimate of drug-likeness (QED) is 0.637. The topological polar surface area (TPSA) is 86.1 Å². The molecule has 7 heteroatoms. The molecule has 1 atom stereocenters. The molecule has 1 amide bonds. The molecule has 3 aromatic rings. The van der Waals surface area contributed by atoms with Gasteiger partial charge in [-0.1, -0.05) is 30.3 Å². The van der Waals surface area contributed by atoms with Gasteiger partial charge in [0.2, 0.25) is 0 Å². The van der Waals surface area contributed by atoms with Gasteiger partial charge in [0.05, 0.1) is 5.56 Å². The van der Waals surface area contributed by atoms with E-state index in [1.165, 1.54) is 0 Å². The number of hydrogen-bond acceptors (Lipinski definition) is 5. The lowest BCUT2D eigenvalue weighted by atomic mass is 9.93. The van der Waals surface area contributed by atoms with Crippen molar-refractivity contribution in [1.82, 2.24) is 20.1 Å². The van der Waals surface area contributed by atoms with Crippen LogP contribution < -0.4 is 5.32 Å². The maximum absolute atomic E-state index is 12.6. The van der Waals surface area contributed by atoms with Crippen LogP contribution in [-0.4, -0.2) is 33.2 Å². The molecular weight excluding hydrogens is 380 g/mol. The zero-order valence-electron chi connectivity index (χ0n) is 17.0. The lowest BCUT2D eigenvalue weighted by Gasteiger charge is -2.25. The fourth-order valence-electron chi connectivity index (χ4n) is 3.66.